The van der Waals surface area contributed by atoms with E-state index in [1.165, 1.54) is 7.05 Å². The van der Waals surface area contributed by atoms with Gasteiger partial charge < -0.3 is 10.1 Å². The Morgan fingerprint density at radius 3 is 2.50 bits per heavy atom. The molecule has 7 heteroatoms. The Labute approximate surface area is 110 Å². The molecule has 18 heavy (non-hydrogen) atoms. The number of carbonyl (C=O) groups excluding carboxylic acids is 1. The molecule has 6 nitrogen and oxygen atoms in total. The van der Waals surface area contributed by atoms with Crippen molar-refractivity contribution in [3.63, 3.8) is 0 Å². The van der Waals surface area contributed by atoms with Crippen molar-refractivity contribution in [2.75, 3.05) is 39.1 Å². The largest absolute Gasteiger partial charge is 0.380 e. The highest BCUT2D eigenvalue weighted by Crippen LogP contribution is 2.03. The number of hydrogen-bond donors (Lipinski definition) is 1. The minimum Gasteiger partial charge on any atom is -0.380 e. The summed E-state index contributed by atoms with van der Waals surface area (Å²) in [5.74, 6) is -0.445. The van der Waals surface area contributed by atoms with E-state index < -0.39 is 10.0 Å². The van der Waals surface area contributed by atoms with Crippen LogP contribution in [0, 0.1) is 0 Å². The van der Waals surface area contributed by atoms with Crippen LogP contribution in [-0.2, 0) is 19.6 Å². The summed E-state index contributed by atoms with van der Waals surface area (Å²) in [7, 11) is -2.18. The van der Waals surface area contributed by atoms with Gasteiger partial charge in [0.2, 0.25) is 15.9 Å². The highest BCUT2D eigenvalue weighted by atomic mass is 32.2. The van der Waals surface area contributed by atoms with E-state index in [1.807, 2.05) is 6.92 Å². The second kappa shape index (κ2) is 9.29. The third kappa shape index (κ3) is 6.93. The average Bonchev–Trinajstić information content (AvgIpc) is 2.35. The van der Waals surface area contributed by atoms with E-state index in [0.717, 1.165) is 17.4 Å². The highest BCUT2D eigenvalue weighted by molar-refractivity contribution is 7.89. The third-order valence-electron chi connectivity index (χ3n) is 2.44. The Kier molecular flexibility index (Phi) is 8.95. The van der Waals surface area contributed by atoms with Crippen LogP contribution in [0.2, 0.25) is 0 Å². The maximum absolute atomic E-state index is 11.7. The fourth-order valence-corrected chi connectivity index (χ4v) is 2.48. The molecule has 0 heterocycles. The van der Waals surface area contributed by atoms with Gasteiger partial charge in [-0.1, -0.05) is 13.8 Å². The lowest BCUT2D eigenvalue weighted by atomic mass is 10.5. The maximum Gasteiger partial charge on any atom is 0.237 e. The van der Waals surface area contributed by atoms with Crippen molar-refractivity contribution in [3.05, 3.63) is 0 Å². The van der Waals surface area contributed by atoms with E-state index in [2.05, 4.69) is 5.32 Å². The van der Waals surface area contributed by atoms with Gasteiger partial charge >= 0.3 is 0 Å². The molecule has 0 saturated heterocycles. The predicted molar refractivity (Wildman–Crippen MR) is 70.8 cm³/mol. The van der Waals surface area contributed by atoms with Gasteiger partial charge in [0.25, 0.3) is 0 Å². The van der Waals surface area contributed by atoms with Crippen molar-refractivity contribution in [2.24, 2.45) is 0 Å². The summed E-state index contributed by atoms with van der Waals surface area (Å²) < 4.78 is 29.5. The Hall–Kier alpha value is -0.660. The van der Waals surface area contributed by atoms with E-state index >= 15 is 0 Å². The molecule has 0 radical (unpaired) electrons. The Morgan fingerprint density at radius 2 is 1.94 bits per heavy atom. The molecule has 108 valence electrons. The quantitative estimate of drug-likeness (QED) is 0.579. The molecule has 0 fully saturated rings. The predicted octanol–water partition coefficient (Wildman–Crippen LogP) is 0.201. The maximum atomic E-state index is 11.7. The molecule has 0 unspecified atom stereocenters. The summed E-state index contributed by atoms with van der Waals surface area (Å²) in [6, 6.07) is 0. The zero-order chi connectivity index (χ0) is 14.0. The number of likely N-dealkylation sites (N-methyl/N-ethyl adjacent to an activating group) is 1. The molecule has 0 aliphatic rings. The van der Waals surface area contributed by atoms with E-state index in [4.69, 9.17) is 4.74 Å². The number of nitrogens with zero attached hydrogens (tertiary/aromatic N) is 1. The summed E-state index contributed by atoms with van der Waals surface area (Å²) in [6.07, 6.45) is 0.588. The number of amides is 1. The number of carbonyl (C=O) groups is 1. The van der Waals surface area contributed by atoms with Gasteiger partial charge in [0.1, 0.15) is 0 Å². The molecule has 0 aliphatic heterocycles. The SMILES string of the molecule is CCNCCOCCCS(=O)(=O)N(C)C(=O)CC. The van der Waals surface area contributed by atoms with Crippen LogP contribution in [0.1, 0.15) is 26.7 Å². The summed E-state index contributed by atoms with van der Waals surface area (Å²) in [5, 5.41) is 3.10. The lowest BCUT2D eigenvalue weighted by Crippen LogP contribution is -2.34. The monoisotopic (exact) mass is 280 g/mol. The van der Waals surface area contributed by atoms with Crippen LogP contribution >= 0.6 is 0 Å². The molecule has 0 saturated carbocycles. The summed E-state index contributed by atoms with van der Waals surface area (Å²) in [6.45, 7) is 6.25. The first-order chi connectivity index (χ1) is 8.45. The van der Waals surface area contributed by atoms with E-state index in [-0.39, 0.29) is 18.1 Å². The molecule has 0 aromatic heterocycles. The first-order valence-corrected chi connectivity index (χ1v) is 7.84. The lowest BCUT2D eigenvalue weighted by Gasteiger charge is -2.16. The molecule has 0 aromatic carbocycles. The average molecular weight is 280 g/mol. The number of sulfonamides is 1. The third-order valence-corrected chi connectivity index (χ3v) is 4.28. The molecule has 0 aromatic rings. The van der Waals surface area contributed by atoms with Gasteiger partial charge in [-0.2, -0.15) is 0 Å². The van der Waals surface area contributed by atoms with E-state index in [9.17, 15) is 13.2 Å². The number of nitrogens with one attached hydrogen (secondary N) is 1. The summed E-state index contributed by atoms with van der Waals surface area (Å²) >= 11 is 0. The van der Waals surface area contributed by atoms with Gasteiger partial charge in [-0.15, -0.1) is 0 Å². The first kappa shape index (κ1) is 17.3. The minimum atomic E-state index is -3.48. The van der Waals surface area contributed by atoms with Crippen LogP contribution in [0.3, 0.4) is 0 Å². The smallest absolute Gasteiger partial charge is 0.237 e. The molecule has 0 aliphatic carbocycles. The molecule has 0 rings (SSSR count). The van der Waals surface area contributed by atoms with Crippen LogP contribution in [0.25, 0.3) is 0 Å². The standard InChI is InChI=1S/C11H24N2O4S/c1-4-11(14)13(3)18(15,16)10-6-8-17-9-7-12-5-2/h12H,4-10H2,1-3H3. The van der Waals surface area contributed by atoms with Crippen molar-refractivity contribution in [3.8, 4) is 0 Å². The first-order valence-electron chi connectivity index (χ1n) is 6.23. The zero-order valence-corrected chi connectivity index (χ0v) is 12.3. The van der Waals surface area contributed by atoms with Crippen molar-refractivity contribution in [1.82, 2.24) is 9.62 Å². The normalized spacial score (nSPS) is 11.5. The second-order valence-electron chi connectivity index (χ2n) is 3.85. The Bertz CT molecular complexity index is 330. The topological polar surface area (TPSA) is 75.7 Å². The van der Waals surface area contributed by atoms with Crippen molar-refractivity contribution < 1.29 is 17.9 Å². The molecule has 1 amide bonds. The van der Waals surface area contributed by atoms with Gasteiger partial charge in [-0.05, 0) is 13.0 Å². The molecule has 0 atom stereocenters. The molecular formula is C11H24N2O4S. The fraction of sp³-hybridized carbons (Fsp3) is 0.909. The van der Waals surface area contributed by atoms with Crippen LogP contribution in [-0.4, -0.2) is 57.7 Å². The second-order valence-corrected chi connectivity index (χ2v) is 5.97. The molecule has 0 spiro atoms. The fourth-order valence-electron chi connectivity index (χ4n) is 1.28. The number of ether oxygens (including phenoxy) is 1. The Morgan fingerprint density at radius 1 is 1.28 bits per heavy atom. The van der Waals surface area contributed by atoms with Crippen molar-refractivity contribution >= 4 is 15.9 Å². The zero-order valence-electron chi connectivity index (χ0n) is 11.4. The van der Waals surface area contributed by atoms with E-state index in [0.29, 0.717) is 19.6 Å². The van der Waals surface area contributed by atoms with Gasteiger partial charge in [0.05, 0.1) is 12.4 Å². The summed E-state index contributed by atoms with van der Waals surface area (Å²) in [4.78, 5) is 11.3. The minimum absolute atomic E-state index is 0.0591. The van der Waals surface area contributed by atoms with Gasteiger partial charge in [0.15, 0.2) is 0 Å². The Balaban J connectivity index is 3.81. The summed E-state index contributed by atoms with van der Waals surface area (Å²) in [5.41, 5.74) is 0. The molecule has 1 N–H and O–H groups in total. The molecular weight excluding hydrogens is 256 g/mol. The molecule has 0 bridgehead atoms. The van der Waals surface area contributed by atoms with Crippen LogP contribution in [0.5, 0.6) is 0 Å². The van der Waals surface area contributed by atoms with Crippen molar-refractivity contribution in [1.29, 1.82) is 0 Å². The van der Waals surface area contributed by atoms with Gasteiger partial charge in [0, 0.05) is 26.6 Å². The van der Waals surface area contributed by atoms with E-state index in [1.54, 1.807) is 6.92 Å². The lowest BCUT2D eigenvalue weighted by molar-refractivity contribution is -0.125. The number of rotatable bonds is 10. The highest BCUT2D eigenvalue weighted by Gasteiger charge is 2.21. The number of hydrogen-bond acceptors (Lipinski definition) is 5. The van der Waals surface area contributed by atoms with Crippen molar-refractivity contribution in [2.45, 2.75) is 26.7 Å². The van der Waals surface area contributed by atoms with Crippen LogP contribution in [0.4, 0.5) is 0 Å². The van der Waals surface area contributed by atoms with Crippen LogP contribution in [0.15, 0.2) is 0 Å². The van der Waals surface area contributed by atoms with Gasteiger partial charge in [-0.25, -0.2) is 12.7 Å². The van der Waals surface area contributed by atoms with Gasteiger partial charge in [-0.3, -0.25) is 4.79 Å². The van der Waals surface area contributed by atoms with Crippen LogP contribution < -0.4 is 5.32 Å².